The number of rotatable bonds is 11. The molecular formula is C27H29Br2N3O4S. The van der Waals surface area contributed by atoms with E-state index in [2.05, 4.69) is 37.2 Å². The van der Waals surface area contributed by atoms with Crippen molar-refractivity contribution in [2.24, 2.45) is 0 Å². The van der Waals surface area contributed by atoms with E-state index in [0.29, 0.717) is 12.2 Å². The Labute approximate surface area is 235 Å². The van der Waals surface area contributed by atoms with Crippen LogP contribution in [0.4, 0.5) is 5.69 Å². The number of carbonyl (C=O) groups is 2. The Kier molecular flexibility index (Phi) is 10.3. The summed E-state index contributed by atoms with van der Waals surface area (Å²) in [6.07, 6.45) is 1.35. The van der Waals surface area contributed by atoms with Gasteiger partial charge in [0.15, 0.2) is 0 Å². The van der Waals surface area contributed by atoms with E-state index >= 15 is 0 Å². The molecule has 3 aromatic rings. The molecule has 10 heteroatoms. The van der Waals surface area contributed by atoms with Gasteiger partial charge in [-0.15, -0.1) is 0 Å². The monoisotopic (exact) mass is 649 g/mol. The highest BCUT2D eigenvalue weighted by atomic mass is 79.9. The molecule has 0 aliphatic heterocycles. The van der Waals surface area contributed by atoms with E-state index in [0.717, 1.165) is 30.6 Å². The van der Waals surface area contributed by atoms with Crippen molar-refractivity contribution in [2.45, 2.75) is 25.9 Å². The molecule has 0 aromatic heterocycles. The van der Waals surface area contributed by atoms with E-state index in [1.54, 1.807) is 24.3 Å². The van der Waals surface area contributed by atoms with Crippen LogP contribution in [0.25, 0.3) is 0 Å². The average Bonchev–Trinajstić information content (AvgIpc) is 2.86. The van der Waals surface area contributed by atoms with Crippen molar-refractivity contribution in [3.05, 3.63) is 98.9 Å². The van der Waals surface area contributed by atoms with Crippen LogP contribution in [0.5, 0.6) is 0 Å². The van der Waals surface area contributed by atoms with Crippen molar-refractivity contribution < 1.29 is 18.0 Å². The smallest absolute Gasteiger partial charge is 0.244 e. The Balaban J connectivity index is 2.02. The minimum absolute atomic E-state index is 0.138. The molecule has 7 nitrogen and oxygen atoms in total. The third-order valence-corrected chi connectivity index (χ3v) is 7.88. The third-order valence-electron chi connectivity index (χ3n) is 5.68. The number of nitrogens with one attached hydrogen (secondary N) is 1. The van der Waals surface area contributed by atoms with Gasteiger partial charge in [0, 0.05) is 28.5 Å². The standard InChI is InChI=1S/C27H29Br2N3O4S/c1-3-30-27(34)25(17-20-7-5-4-6-8-20)31(18-21-9-11-22(28)12-10-21)26(33)19-32(37(2,35)36)24-15-13-23(29)14-16-24/h4-16,25H,3,17-19H2,1-2H3,(H,30,34)/t25-/m1/s1. The Bertz CT molecular complexity index is 1300. The number of hydrogen-bond donors (Lipinski definition) is 1. The summed E-state index contributed by atoms with van der Waals surface area (Å²) in [6, 6.07) is 22.7. The molecular weight excluding hydrogens is 622 g/mol. The van der Waals surface area contributed by atoms with Crippen LogP contribution < -0.4 is 9.62 Å². The highest BCUT2D eigenvalue weighted by Crippen LogP contribution is 2.23. The van der Waals surface area contributed by atoms with Gasteiger partial charge in [-0.3, -0.25) is 13.9 Å². The molecule has 0 saturated heterocycles. The van der Waals surface area contributed by atoms with Gasteiger partial charge < -0.3 is 10.2 Å². The molecule has 3 rings (SSSR count). The van der Waals surface area contributed by atoms with Crippen LogP contribution in [0.3, 0.4) is 0 Å². The second-order valence-electron chi connectivity index (χ2n) is 8.49. The molecule has 0 aliphatic rings. The maximum atomic E-state index is 13.9. The zero-order valence-electron chi connectivity index (χ0n) is 20.6. The van der Waals surface area contributed by atoms with Gasteiger partial charge in [-0.25, -0.2) is 8.42 Å². The first-order chi connectivity index (χ1) is 17.6. The normalized spacial score (nSPS) is 12.0. The molecule has 1 N–H and O–H groups in total. The van der Waals surface area contributed by atoms with E-state index in [1.165, 1.54) is 4.90 Å². The van der Waals surface area contributed by atoms with Crippen molar-refractivity contribution in [1.29, 1.82) is 0 Å². The van der Waals surface area contributed by atoms with Crippen LogP contribution in [0.15, 0.2) is 87.8 Å². The van der Waals surface area contributed by atoms with E-state index in [-0.39, 0.29) is 18.9 Å². The number of benzene rings is 3. The molecule has 0 unspecified atom stereocenters. The fourth-order valence-electron chi connectivity index (χ4n) is 3.85. The Morgan fingerprint density at radius 1 is 0.865 bits per heavy atom. The molecule has 0 fully saturated rings. The lowest BCUT2D eigenvalue weighted by Gasteiger charge is -2.33. The summed E-state index contributed by atoms with van der Waals surface area (Å²) in [4.78, 5) is 28.6. The molecule has 2 amide bonds. The van der Waals surface area contributed by atoms with Gasteiger partial charge in [-0.2, -0.15) is 0 Å². The van der Waals surface area contributed by atoms with Crippen molar-refractivity contribution in [3.8, 4) is 0 Å². The number of nitrogens with zero attached hydrogens (tertiary/aromatic N) is 2. The van der Waals surface area contributed by atoms with Crippen LogP contribution in [0, 0.1) is 0 Å². The van der Waals surface area contributed by atoms with Crippen LogP contribution in [0.2, 0.25) is 0 Å². The molecule has 0 spiro atoms. The summed E-state index contributed by atoms with van der Waals surface area (Å²) in [7, 11) is -3.79. The third kappa shape index (κ3) is 8.41. The van der Waals surface area contributed by atoms with Crippen LogP contribution in [0.1, 0.15) is 18.1 Å². The fraction of sp³-hybridized carbons (Fsp3) is 0.259. The first-order valence-corrected chi connectivity index (χ1v) is 15.1. The first-order valence-electron chi connectivity index (χ1n) is 11.7. The zero-order valence-corrected chi connectivity index (χ0v) is 24.6. The molecule has 0 bridgehead atoms. The number of halogens is 2. The SMILES string of the molecule is CCNC(=O)[C@@H](Cc1ccccc1)N(Cc1ccc(Br)cc1)C(=O)CN(c1ccc(Br)cc1)S(C)(=O)=O. The van der Waals surface area contributed by atoms with E-state index in [4.69, 9.17) is 0 Å². The lowest BCUT2D eigenvalue weighted by atomic mass is 10.0. The molecule has 196 valence electrons. The van der Waals surface area contributed by atoms with Crippen LogP contribution in [-0.2, 0) is 32.6 Å². The Morgan fingerprint density at radius 2 is 1.43 bits per heavy atom. The molecule has 0 radical (unpaired) electrons. The Morgan fingerprint density at radius 3 is 1.97 bits per heavy atom. The van der Waals surface area contributed by atoms with Crippen molar-refractivity contribution in [3.63, 3.8) is 0 Å². The molecule has 0 heterocycles. The average molecular weight is 651 g/mol. The molecule has 0 aliphatic carbocycles. The van der Waals surface area contributed by atoms with Gasteiger partial charge in [0.05, 0.1) is 11.9 Å². The quantitative estimate of drug-likeness (QED) is 0.325. The molecule has 3 aromatic carbocycles. The molecule has 0 saturated carbocycles. The van der Waals surface area contributed by atoms with E-state index in [9.17, 15) is 18.0 Å². The second kappa shape index (κ2) is 13.2. The minimum atomic E-state index is -3.79. The highest BCUT2D eigenvalue weighted by Gasteiger charge is 2.32. The topological polar surface area (TPSA) is 86.8 Å². The second-order valence-corrected chi connectivity index (χ2v) is 12.2. The van der Waals surface area contributed by atoms with Gasteiger partial charge in [0.25, 0.3) is 0 Å². The summed E-state index contributed by atoms with van der Waals surface area (Å²) in [5, 5.41) is 2.84. The molecule has 37 heavy (non-hydrogen) atoms. The number of likely N-dealkylation sites (N-methyl/N-ethyl adjacent to an activating group) is 1. The van der Waals surface area contributed by atoms with Gasteiger partial charge in [0.2, 0.25) is 21.8 Å². The fourth-order valence-corrected chi connectivity index (χ4v) is 5.23. The van der Waals surface area contributed by atoms with Gasteiger partial charge in [0.1, 0.15) is 12.6 Å². The summed E-state index contributed by atoms with van der Waals surface area (Å²) >= 11 is 6.77. The summed E-state index contributed by atoms with van der Waals surface area (Å²) in [5.41, 5.74) is 2.06. The van der Waals surface area contributed by atoms with Gasteiger partial charge >= 0.3 is 0 Å². The van der Waals surface area contributed by atoms with E-state index in [1.807, 2.05) is 61.5 Å². The maximum Gasteiger partial charge on any atom is 0.244 e. The summed E-state index contributed by atoms with van der Waals surface area (Å²) < 4.78 is 28.2. The predicted octanol–water partition coefficient (Wildman–Crippen LogP) is 4.75. The number of amides is 2. The first kappa shape index (κ1) is 28.9. The minimum Gasteiger partial charge on any atom is -0.355 e. The van der Waals surface area contributed by atoms with Crippen molar-refractivity contribution >= 4 is 59.4 Å². The number of hydrogen-bond acceptors (Lipinski definition) is 4. The Hall–Kier alpha value is -2.69. The largest absolute Gasteiger partial charge is 0.355 e. The van der Waals surface area contributed by atoms with Crippen molar-refractivity contribution in [2.75, 3.05) is 23.7 Å². The van der Waals surface area contributed by atoms with Gasteiger partial charge in [-0.05, 0) is 54.4 Å². The van der Waals surface area contributed by atoms with Gasteiger partial charge in [-0.1, -0.05) is 74.3 Å². The van der Waals surface area contributed by atoms with Crippen molar-refractivity contribution in [1.82, 2.24) is 10.2 Å². The lowest BCUT2D eigenvalue weighted by molar-refractivity contribution is -0.140. The van der Waals surface area contributed by atoms with Crippen LogP contribution >= 0.6 is 31.9 Å². The lowest BCUT2D eigenvalue weighted by Crippen LogP contribution is -2.53. The predicted molar refractivity (Wildman–Crippen MR) is 154 cm³/mol. The highest BCUT2D eigenvalue weighted by molar-refractivity contribution is 9.10. The number of carbonyl (C=O) groups excluding carboxylic acids is 2. The zero-order chi connectivity index (χ0) is 27.0. The summed E-state index contributed by atoms with van der Waals surface area (Å²) in [6.45, 7) is 1.91. The number of anilines is 1. The molecule has 1 atom stereocenters. The summed E-state index contributed by atoms with van der Waals surface area (Å²) in [5.74, 6) is -0.783. The van der Waals surface area contributed by atoms with Crippen LogP contribution in [-0.4, -0.2) is 50.5 Å². The van der Waals surface area contributed by atoms with E-state index < -0.39 is 28.5 Å². The number of sulfonamides is 1. The maximum absolute atomic E-state index is 13.9.